The summed E-state index contributed by atoms with van der Waals surface area (Å²) < 4.78 is 5.35. The lowest BCUT2D eigenvalue weighted by Crippen LogP contribution is -2.15. The highest BCUT2D eigenvalue weighted by atomic mass is 35.5. The van der Waals surface area contributed by atoms with Crippen LogP contribution in [-0.4, -0.2) is 26.7 Å². The first-order valence-electron chi connectivity index (χ1n) is 4.61. The van der Waals surface area contributed by atoms with Crippen LogP contribution in [0.1, 0.15) is 6.92 Å². The summed E-state index contributed by atoms with van der Waals surface area (Å²) in [6, 6.07) is 0. The number of alkyl halides is 1. The maximum atomic E-state index is 5.70. The third-order valence-corrected chi connectivity index (χ3v) is 2.67. The van der Waals surface area contributed by atoms with E-state index in [4.69, 9.17) is 16.3 Å². The van der Waals surface area contributed by atoms with Crippen LogP contribution in [0, 0.1) is 0 Å². The van der Waals surface area contributed by atoms with Crippen molar-refractivity contribution in [1.82, 2.24) is 0 Å². The molecule has 0 saturated heterocycles. The van der Waals surface area contributed by atoms with E-state index in [1.807, 2.05) is 13.0 Å². The second-order valence-electron chi connectivity index (χ2n) is 3.99. The predicted molar refractivity (Wildman–Crippen MR) is 62.1 cm³/mol. The SMILES string of the molecule is CCOC(C=C=C[Si](C)(C)C)CCl. The molecule has 13 heavy (non-hydrogen) atoms. The van der Waals surface area contributed by atoms with Gasteiger partial charge in [0.1, 0.15) is 0 Å². The first-order valence-corrected chi connectivity index (χ1v) is 8.72. The van der Waals surface area contributed by atoms with Crippen molar-refractivity contribution in [1.29, 1.82) is 0 Å². The maximum Gasteiger partial charge on any atom is 0.0964 e. The summed E-state index contributed by atoms with van der Waals surface area (Å²) in [7, 11) is -1.13. The minimum atomic E-state index is -1.13. The van der Waals surface area contributed by atoms with Gasteiger partial charge in [0.05, 0.1) is 20.1 Å². The lowest BCUT2D eigenvalue weighted by Gasteiger charge is -2.08. The molecule has 0 aliphatic rings. The van der Waals surface area contributed by atoms with E-state index in [0.29, 0.717) is 12.5 Å². The summed E-state index contributed by atoms with van der Waals surface area (Å²) in [5.41, 5.74) is 5.32. The zero-order chi connectivity index (χ0) is 10.3. The average Bonchev–Trinajstić information content (AvgIpc) is 2.01. The van der Waals surface area contributed by atoms with Crippen LogP contribution in [0.4, 0.5) is 0 Å². The van der Waals surface area contributed by atoms with E-state index in [-0.39, 0.29) is 6.10 Å². The van der Waals surface area contributed by atoms with E-state index in [9.17, 15) is 0 Å². The molecule has 0 spiro atoms. The molecular formula is C10H19ClOSi. The molecule has 0 amide bonds. The fourth-order valence-electron chi connectivity index (χ4n) is 0.757. The molecule has 0 aliphatic heterocycles. The quantitative estimate of drug-likeness (QED) is 0.391. The van der Waals surface area contributed by atoms with Crippen LogP contribution in [-0.2, 0) is 4.74 Å². The first-order chi connectivity index (χ1) is 5.99. The molecule has 0 bridgehead atoms. The topological polar surface area (TPSA) is 9.23 Å². The van der Waals surface area contributed by atoms with Crippen molar-refractivity contribution in [3.8, 4) is 0 Å². The highest BCUT2D eigenvalue weighted by molar-refractivity contribution is 6.80. The van der Waals surface area contributed by atoms with Gasteiger partial charge in [-0.3, -0.25) is 0 Å². The Bertz CT molecular complexity index is 190. The molecule has 0 aliphatic carbocycles. The Balaban J connectivity index is 4.13. The van der Waals surface area contributed by atoms with Gasteiger partial charge in [0, 0.05) is 6.61 Å². The van der Waals surface area contributed by atoms with Gasteiger partial charge in [-0.2, -0.15) is 0 Å². The molecule has 76 valence electrons. The molecule has 0 rings (SSSR count). The Kier molecular flexibility index (Phi) is 6.44. The van der Waals surface area contributed by atoms with Crippen molar-refractivity contribution in [2.75, 3.05) is 12.5 Å². The molecule has 0 saturated carbocycles. The number of rotatable bonds is 5. The highest BCUT2D eigenvalue weighted by Crippen LogP contribution is 2.02. The number of ether oxygens (including phenoxy) is 1. The molecule has 1 nitrogen and oxygen atoms in total. The third-order valence-electron chi connectivity index (χ3n) is 1.33. The molecule has 0 heterocycles. The van der Waals surface area contributed by atoms with E-state index >= 15 is 0 Å². The summed E-state index contributed by atoms with van der Waals surface area (Å²) in [6.45, 7) is 9.47. The monoisotopic (exact) mass is 218 g/mol. The second-order valence-corrected chi connectivity index (χ2v) is 9.32. The van der Waals surface area contributed by atoms with Crippen LogP contribution < -0.4 is 0 Å². The van der Waals surface area contributed by atoms with Gasteiger partial charge >= 0.3 is 0 Å². The van der Waals surface area contributed by atoms with Gasteiger partial charge in [-0.1, -0.05) is 25.3 Å². The molecule has 0 aromatic rings. The van der Waals surface area contributed by atoms with Gasteiger partial charge in [0.15, 0.2) is 0 Å². The molecule has 0 radical (unpaired) electrons. The van der Waals surface area contributed by atoms with E-state index in [1.54, 1.807) is 0 Å². The number of hydrogen-bond acceptors (Lipinski definition) is 1. The Morgan fingerprint density at radius 2 is 2.08 bits per heavy atom. The Morgan fingerprint density at radius 1 is 1.46 bits per heavy atom. The zero-order valence-electron chi connectivity index (χ0n) is 8.93. The summed E-state index contributed by atoms with van der Waals surface area (Å²) >= 11 is 5.70. The van der Waals surface area contributed by atoms with Crippen molar-refractivity contribution in [3.63, 3.8) is 0 Å². The normalized spacial score (nSPS) is 13.3. The van der Waals surface area contributed by atoms with Crippen LogP contribution in [0.5, 0.6) is 0 Å². The Labute approximate surface area is 87.4 Å². The van der Waals surface area contributed by atoms with Gasteiger partial charge in [-0.25, -0.2) is 0 Å². The van der Waals surface area contributed by atoms with Gasteiger partial charge in [-0.05, 0) is 13.0 Å². The average molecular weight is 219 g/mol. The van der Waals surface area contributed by atoms with Crippen molar-refractivity contribution in [2.45, 2.75) is 32.7 Å². The lowest BCUT2D eigenvalue weighted by molar-refractivity contribution is 0.112. The van der Waals surface area contributed by atoms with E-state index in [1.165, 1.54) is 0 Å². The Hall–Kier alpha value is -0.0131. The molecular weight excluding hydrogens is 200 g/mol. The summed E-state index contributed by atoms with van der Waals surface area (Å²) in [5, 5.41) is 0. The predicted octanol–water partition coefficient (Wildman–Crippen LogP) is 3.22. The van der Waals surface area contributed by atoms with Crippen molar-refractivity contribution >= 4 is 19.7 Å². The van der Waals surface area contributed by atoms with Crippen molar-refractivity contribution in [3.05, 3.63) is 17.5 Å². The number of hydrogen-bond donors (Lipinski definition) is 0. The molecule has 1 atom stereocenters. The van der Waals surface area contributed by atoms with Crippen LogP contribution >= 0.6 is 11.6 Å². The summed E-state index contributed by atoms with van der Waals surface area (Å²) in [4.78, 5) is 0. The second kappa shape index (κ2) is 6.44. The van der Waals surface area contributed by atoms with E-state index < -0.39 is 8.07 Å². The fraction of sp³-hybridized carbons (Fsp3) is 0.700. The smallest absolute Gasteiger partial charge is 0.0964 e. The molecule has 0 fully saturated rings. The lowest BCUT2D eigenvalue weighted by atomic mass is 10.4. The third kappa shape index (κ3) is 8.32. The first kappa shape index (κ1) is 13.0. The molecule has 1 unspecified atom stereocenters. The van der Waals surface area contributed by atoms with Crippen LogP contribution in [0.25, 0.3) is 0 Å². The number of halogens is 1. The van der Waals surface area contributed by atoms with E-state index in [0.717, 1.165) is 0 Å². The highest BCUT2D eigenvalue weighted by Gasteiger charge is 2.06. The van der Waals surface area contributed by atoms with Gasteiger partial charge in [0.2, 0.25) is 0 Å². The molecule has 0 N–H and O–H groups in total. The maximum absolute atomic E-state index is 5.70. The molecule has 0 aromatic heterocycles. The van der Waals surface area contributed by atoms with Crippen LogP contribution in [0.15, 0.2) is 17.5 Å². The van der Waals surface area contributed by atoms with Crippen molar-refractivity contribution < 1.29 is 4.74 Å². The van der Waals surface area contributed by atoms with Crippen molar-refractivity contribution in [2.24, 2.45) is 0 Å². The summed E-state index contributed by atoms with van der Waals surface area (Å²) in [5.74, 6) is 0.500. The minimum absolute atomic E-state index is 0.0132. The molecule has 0 aromatic carbocycles. The minimum Gasteiger partial charge on any atom is -0.373 e. The van der Waals surface area contributed by atoms with Gasteiger partial charge in [0.25, 0.3) is 0 Å². The van der Waals surface area contributed by atoms with Crippen LogP contribution in [0.3, 0.4) is 0 Å². The van der Waals surface area contributed by atoms with Crippen LogP contribution in [0.2, 0.25) is 19.6 Å². The molecule has 3 heteroatoms. The van der Waals surface area contributed by atoms with Gasteiger partial charge < -0.3 is 4.74 Å². The Morgan fingerprint density at radius 3 is 2.46 bits per heavy atom. The summed E-state index contributed by atoms with van der Waals surface area (Å²) in [6.07, 6.45) is 1.92. The van der Waals surface area contributed by atoms with Gasteiger partial charge in [-0.15, -0.1) is 17.3 Å². The largest absolute Gasteiger partial charge is 0.373 e. The standard InChI is InChI=1S/C10H19ClOSi/c1-5-12-10(9-11)7-6-8-13(2,3)4/h7-8,10H,5,9H2,1-4H3. The van der Waals surface area contributed by atoms with E-state index in [2.05, 4.69) is 31.1 Å². The zero-order valence-corrected chi connectivity index (χ0v) is 10.7. The fourth-order valence-corrected chi connectivity index (χ4v) is 1.53.